The van der Waals surface area contributed by atoms with Gasteiger partial charge in [0.05, 0.1) is 5.69 Å². The van der Waals surface area contributed by atoms with Gasteiger partial charge in [0.25, 0.3) is 0 Å². The monoisotopic (exact) mass is 215 g/mol. The summed E-state index contributed by atoms with van der Waals surface area (Å²) in [7, 11) is 0. The fourth-order valence-electron chi connectivity index (χ4n) is 2.00. The molecule has 2 aliphatic rings. The van der Waals surface area contributed by atoms with Gasteiger partial charge in [0.2, 0.25) is 0 Å². The van der Waals surface area contributed by atoms with Crippen LogP contribution in [0.3, 0.4) is 0 Å². The predicted molar refractivity (Wildman–Crippen MR) is 62.1 cm³/mol. The third-order valence-electron chi connectivity index (χ3n) is 2.89. The van der Waals surface area contributed by atoms with Gasteiger partial charge in [-0.1, -0.05) is 19.1 Å². The largest absolute Gasteiger partial charge is 0.451 e. The highest BCUT2D eigenvalue weighted by atomic mass is 16.6. The van der Waals surface area contributed by atoms with Gasteiger partial charge in [-0.15, -0.1) is 0 Å². The average molecular weight is 215 g/mol. The van der Waals surface area contributed by atoms with Crippen molar-refractivity contribution in [2.24, 2.45) is 5.92 Å². The molecule has 3 heteroatoms. The summed E-state index contributed by atoms with van der Waals surface area (Å²) in [5, 5.41) is 0. The molecule has 1 unspecified atom stereocenters. The predicted octanol–water partition coefficient (Wildman–Crippen LogP) is 2.85. The second kappa shape index (κ2) is 3.30. The van der Waals surface area contributed by atoms with Gasteiger partial charge in [-0.05, 0) is 24.6 Å². The normalized spacial score (nSPS) is 21.9. The summed E-state index contributed by atoms with van der Waals surface area (Å²) < 4.78 is 11.6. The molecule has 0 fully saturated rings. The number of nitrogens with two attached hydrogens (primary N) is 1. The van der Waals surface area contributed by atoms with E-state index in [1.165, 1.54) is 0 Å². The lowest BCUT2D eigenvalue weighted by Gasteiger charge is -2.28. The Hall–Kier alpha value is -1.90. The standard InChI is InChI=1S/C13H13NO2/c1-8-4-2-6-10-12(8)16-13-9(14)5-3-7-11(13)15-10/h2-3,5-8H,4,14H2,1H3. The summed E-state index contributed by atoms with van der Waals surface area (Å²) in [5.41, 5.74) is 6.48. The van der Waals surface area contributed by atoms with E-state index in [2.05, 4.69) is 13.0 Å². The lowest BCUT2D eigenvalue weighted by molar-refractivity contribution is 0.264. The molecule has 0 aromatic heterocycles. The molecule has 1 aromatic carbocycles. The number of ether oxygens (including phenoxy) is 2. The topological polar surface area (TPSA) is 44.5 Å². The minimum atomic E-state index is 0.341. The van der Waals surface area contributed by atoms with Crippen LogP contribution in [0.15, 0.2) is 41.9 Å². The van der Waals surface area contributed by atoms with Crippen molar-refractivity contribution in [1.82, 2.24) is 0 Å². The van der Waals surface area contributed by atoms with Gasteiger partial charge in [-0.3, -0.25) is 0 Å². The second-order valence-corrected chi connectivity index (χ2v) is 4.15. The fourth-order valence-corrected chi connectivity index (χ4v) is 2.00. The Bertz CT molecular complexity index is 503. The Morgan fingerprint density at radius 1 is 1.31 bits per heavy atom. The van der Waals surface area contributed by atoms with Crippen LogP contribution in [0.4, 0.5) is 5.69 Å². The summed E-state index contributed by atoms with van der Waals surface area (Å²) in [6, 6.07) is 5.54. The van der Waals surface area contributed by atoms with Gasteiger partial charge in [-0.2, -0.15) is 0 Å². The maximum Gasteiger partial charge on any atom is 0.192 e. The molecule has 1 aliphatic carbocycles. The second-order valence-electron chi connectivity index (χ2n) is 4.15. The molecule has 16 heavy (non-hydrogen) atoms. The molecule has 0 saturated heterocycles. The van der Waals surface area contributed by atoms with Gasteiger partial charge >= 0.3 is 0 Å². The number of anilines is 1. The molecule has 1 aromatic rings. The van der Waals surface area contributed by atoms with E-state index in [1.807, 2.05) is 24.3 Å². The smallest absolute Gasteiger partial charge is 0.192 e. The Kier molecular flexibility index (Phi) is 1.93. The van der Waals surface area contributed by atoms with Gasteiger partial charge in [-0.25, -0.2) is 0 Å². The molecule has 0 bridgehead atoms. The van der Waals surface area contributed by atoms with E-state index in [1.54, 1.807) is 0 Å². The van der Waals surface area contributed by atoms with E-state index < -0.39 is 0 Å². The Morgan fingerprint density at radius 3 is 3.06 bits per heavy atom. The van der Waals surface area contributed by atoms with Crippen LogP contribution >= 0.6 is 0 Å². The van der Waals surface area contributed by atoms with Crippen LogP contribution < -0.4 is 15.2 Å². The summed E-state index contributed by atoms with van der Waals surface area (Å²) in [4.78, 5) is 0. The van der Waals surface area contributed by atoms with Crippen molar-refractivity contribution in [3.8, 4) is 11.5 Å². The maximum absolute atomic E-state index is 5.86. The summed E-state index contributed by atoms with van der Waals surface area (Å²) in [6.45, 7) is 2.12. The number of hydrogen-bond acceptors (Lipinski definition) is 3. The van der Waals surface area contributed by atoms with Crippen molar-refractivity contribution in [3.63, 3.8) is 0 Å². The fraction of sp³-hybridized carbons (Fsp3) is 0.231. The first-order chi connectivity index (χ1) is 7.75. The molecule has 0 radical (unpaired) electrons. The van der Waals surface area contributed by atoms with Crippen molar-refractivity contribution in [2.45, 2.75) is 13.3 Å². The van der Waals surface area contributed by atoms with Crippen molar-refractivity contribution < 1.29 is 9.47 Å². The molecule has 3 rings (SSSR count). The van der Waals surface area contributed by atoms with Crippen molar-refractivity contribution in [3.05, 3.63) is 41.9 Å². The minimum absolute atomic E-state index is 0.341. The van der Waals surface area contributed by atoms with Gasteiger partial charge < -0.3 is 15.2 Å². The molecule has 0 amide bonds. The van der Waals surface area contributed by atoms with E-state index in [4.69, 9.17) is 15.2 Å². The zero-order valence-electron chi connectivity index (χ0n) is 9.07. The number of nitrogen functional groups attached to an aromatic ring is 1. The SMILES string of the molecule is CC1CC=CC2=C1Oc1c(N)cccc1O2. The van der Waals surface area contributed by atoms with Crippen LogP contribution in [-0.4, -0.2) is 0 Å². The van der Waals surface area contributed by atoms with E-state index >= 15 is 0 Å². The highest BCUT2D eigenvalue weighted by Gasteiger charge is 2.27. The Labute approximate surface area is 94.2 Å². The van der Waals surface area contributed by atoms with Crippen molar-refractivity contribution in [2.75, 3.05) is 5.73 Å². The first-order valence-corrected chi connectivity index (χ1v) is 5.40. The lowest BCUT2D eigenvalue weighted by Crippen LogP contribution is -2.19. The number of fused-ring (bicyclic) bond motifs is 1. The summed E-state index contributed by atoms with van der Waals surface area (Å²) >= 11 is 0. The van der Waals surface area contributed by atoms with Crippen LogP contribution in [0.2, 0.25) is 0 Å². The molecule has 82 valence electrons. The molecule has 0 spiro atoms. The highest BCUT2D eigenvalue weighted by molar-refractivity contribution is 5.62. The van der Waals surface area contributed by atoms with Crippen LogP contribution in [0.1, 0.15) is 13.3 Å². The highest BCUT2D eigenvalue weighted by Crippen LogP contribution is 2.42. The first kappa shape index (κ1) is 9.33. The number of hydrogen-bond donors (Lipinski definition) is 1. The van der Waals surface area contributed by atoms with E-state index in [0.29, 0.717) is 23.1 Å². The molecule has 0 saturated carbocycles. The first-order valence-electron chi connectivity index (χ1n) is 5.40. The minimum Gasteiger partial charge on any atom is -0.451 e. The van der Waals surface area contributed by atoms with Crippen LogP contribution in [-0.2, 0) is 0 Å². The number of para-hydroxylation sites is 1. The van der Waals surface area contributed by atoms with Crippen LogP contribution in [0.5, 0.6) is 11.5 Å². The quantitative estimate of drug-likeness (QED) is 0.677. The average Bonchev–Trinajstić information content (AvgIpc) is 2.28. The third kappa shape index (κ3) is 1.28. The van der Waals surface area contributed by atoms with E-state index in [9.17, 15) is 0 Å². The number of benzene rings is 1. The van der Waals surface area contributed by atoms with Crippen molar-refractivity contribution >= 4 is 5.69 Å². The molecular formula is C13H13NO2. The van der Waals surface area contributed by atoms with Crippen LogP contribution in [0.25, 0.3) is 0 Å². The van der Waals surface area contributed by atoms with Crippen LogP contribution in [0, 0.1) is 5.92 Å². The molecule has 1 atom stereocenters. The Balaban J connectivity index is 2.08. The zero-order chi connectivity index (χ0) is 11.1. The molecule has 1 heterocycles. The maximum atomic E-state index is 5.86. The number of rotatable bonds is 0. The third-order valence-corrected chi connectivity index (χ3v) is 2.89. The molecule has 2 N–H and O–H groups in total. The summed E-state index contributed by atoms with van der Waals surface area (Å²) in [6.07, 6.45) is 5.04. The van der Waals surface area contributed by atoms with E-state index in [0.717, 1.165) is 17.9 Å². The van der Waals surface area contributed by atoms with E-state index in [-0.39, 0.29) is 0 Å². The zero-order valence-corrected chi connectivity index (χ0v) is 9.07. The number of allylic oxidation sites excluding steroid dienone is 3. The van der Waals surface area contributed by atoms with Gasteiger partial charge in [0.15, 0.2) is 17.3 Å². The summed E-state index contributed by atoms with van der Waals surface area (Å²) in [5.74, 6) is 3.36. The molecular weight excluding hydrogens is 202 g/mol. The van der Waals surface area contributed by atoms with Gasteiger partial charge in [0.1, 0.15) is 5.76 Å². The molecule has 3 nitrogen and oxygen atoms in total. The lowest BCUT2D eigenvalue weighted by atomic mass is 9.99. The van der Waals surface area contributed by atoms with Gasteiger partial charge in [0, 0.05) is 5.92 Å². The Morgan fingerprint density at radius 2 is 2.19 bits per heavy atom. The molecule has 1 aliphatic heterocycles. The van der Waals surface area contributed by atoms with Crippen molar-refractivity contribution in [1.29, 1.82) is 0 Å².